The molecule has 5 rings (SSSR count). The van der Waals surface area contributed by atoms with Gasteiger partial charge in [-0.05, 0) is 47.5 Å². The predicted octanol–water partition coefficient (Wildman–Crippen LogP) is 5.06. The van der Waals surface area contributed by atoms with Gasteiger partial charge >= 0.3 is 0 Å². The third kappa shape index (κ3) is 4.05. The molecule has 2 atom stereocenters. The highest BCUT2D eigenvalue weighted by Gasteiger charge is 2.39. The first-order valence-electron chi connectivity index (χ1n) is 11.0. The van der Waals surface area contributed by atoms with Crippen LogP contribution in [0.4, 0.5) is 0 Å². The van der Waals surface area contributed by atoms with Crippen LogP contribution in [0.1, 0.15) is 39.8 Å². The van der Waals surface area contributed by atoms with Crippen molar-refractivity contribution in [2.75, 3.05) is 0 Å². The van der Waals surface area contributed by atoms with Gasteiger partial charge in [0.1, 0.15) is 29.1 Å². The number of rotatable bonds is 4. The highest BCUT2D eigenvalue weighted by atomic mass is 16.5. The largest absolute Gasteiger partial charge is 0.508 e. The van der Waals surface area contributed by atoms with Crippen LogP contribution in [-0.4, -0.2) is 35.7 Å². The Kier molecular flexibility index (Phi) is 5.49. The smallest absolute Gasteiger partial charge is 0.165 e. The van der Waals surface area contributed by atoms with Gasteiger partial charge in [-0.2, -0.15) is 0 Å². The third-order valence-corrected chi connectivity index (χ3v) is 6.15. The Labute approximate surface area is 205 Å². The standard InChI is InChI=1S/C28H22O8/c29-17-6-4-15(5-7-17)28-25(21-11-19(31)13-23(33)27(21)35)20-9-14(2-8-24(20)36-28)1-3-16-10-18(30)12-22(32)26(16)34/h1-13,25,28-35H/b3-1+/t25-,28-/m0/s1. The molecule has 7 N–H and O–H groups in total. The average Bonchev–Trinajstić information content (AvgIpc) is 3.21. The molecule has 0 saturated carbocycles. The van der Waals surface area contributed by atoms with Crippen LogP contribution in [-0.2, 0) is 0 Å². The van der Waals surface area contributed by atoms with E-state index in [9.17, 15) is 35.7 Å². The first-order chi connectivity index (χ1) is 17.2. The number of ether oxygens (including phenoxy) is 1. The number of benzene rings is 4. The van der Waals surface area contributed by atoms with Crippen LogP contribution in [0.2, 0.25) is 0 Å². The summed E-state index contributed by atoms with van der Waals surface area (Å²) in [5.74, 6) is -2.15. The summed E-state index contributed by atoms with van der Waals surface area (Å²) < 4.78 is 6.22. The summed E-state index contributed by atoms with van der Waals surface area (Å²) in [5, 5.41) is 70.2. The van der Waals surface area contributed by atoms with Crippen molar-refractivity contribution in [2.45, 2.75) is 12.0 Å². The lowest BCUT2D eigenvalue weighted by molar-refractivity contribution is 0.220. The molecule has 8 heteroatoms. The normalized spacial score (nSPS) is 16.7. The number of hydrogen-bond donors (Lipinski definition) is 7. The number of aromatic hydroxyl groups is 7. The maximum absolute atomic E-state index is 10.7. The highest BCUT2D eigenvalue weighted by molar-refractivity contribution is 5.76. The van der Waals surface area contributed by atoms with Crippen molar-refractivity contribution >= 4 is 12.2 Å². The van der Waals surface area contributed by atoms with Gasteiger partial charge in [-0.25, -0.2) is 0 Å². The van der Waals surface area contributed by atoms with Crippen molar-refractivity contribution in [1.29, 1.82) is 0 Å². The minimum absolute atomic E-state index is 0.0809. The molecule has 0 radical (unpaired) electrons. The Balaban J connectivity index is 1.61. The quantitative estimate of drug-likeness (QED) is 0.120. The third-order valence-electron chi connectivity index (χ3n) is 6.15. The molecule has 0 spiro atoms. The SMILES string of the molecule is Oc1ccc([C@@H]2Oc3ccc(/C=C/c4cc(O)cc(O)c4O)cc3[C@H]2c2cc(O)cc(O)c2O)cc1. The fourth-order valence-electron chi connectivity index (χ4n) is 4.45. The average molecular weight is 486 g/mol. The van der Waals surface area contributed by atoms with Crippen LogP contribution < -0.4 is 4.74 Å². The van der Waals surface area contributed by atoms with E-state index in [2.05, 4.69) is 0 Å². The molecule has 0 amide bonds. The maximum Gasteiger partial charge on any atom is 0.165 e. The van der Waals surface area contributed by atoms with Crippen LogP contribution >= 0.6 is 0 Å². The molecule has 0 saturated heterocycles. The molecule has 4 aromatic carbocycles. The van der Waals surface area contributed by atoms with Crippen LogP contribution in [0, 0.1) is 0 Å². The number of hydrogen-bond acceptors (Lipinski definition) is 8. The van der Waals surface area contributed by atoms with E-state index in [1.807, 2.05) is 0 Å². The van der Waals surface area contributed by atoms with Crippen molar-refractivity contribution in [1.82, 2.24) is 0 Å². The zero-order chi connectivity index (χ0) is 25.6. The predicted molar refractivity (Wildman–Crippen MR) is 132 cm³/mol. The Hall–Kier alpha value is -4.98. The van der Waals surface area contributed by atoms with Gasteiger partial charge in [0.05, 0.1) is 5.92 Å². The zero-order valence-electron chi connectivity index (χ0n) is 18.7. The topological polar surface area (TPSA) is 151 Å². The monoisotopic (exact) mass is 486 g/mol. The van der Waals surface area contributed by atoms with Crippen LogP contribution in [0.15, 0.2) is 66.7 Å². The summed E-state index contributed by atoms with van der Waals surface area (Å²) in [7, 11) is 0. The molecule has 0 unspecified atom stereocenters. The fourth-order valence-corrected chi connectivity index (χ4v) is 4.45. The summed E-state index contributed by atoms with van der Waals surface area (Å²) in [6.07, 6.45) is 2.55. The second-order valence-corrected chi connectivity index (χ2v) is 8.54. The van der Waals surface area contributed by atoms with Gasteiger partial charge in [-0.1, -0.05) is 30.4 Å². The van der Waals surface area contributed by atoms with E-state index in [0.29, 0.717) is 22.4 Å². The van der Waals surface area contributed by atoms with E-state index in [1.54, 1.807) is 36.4 Å². The molecule has 182 valence electrons. The molecule has 0 fully saturated rings. The molecule has 4 aromatic rings. The number of phenols is 7. The van der Waals surface area contributed by atoms with Gasteiger partial charge in [-0.3, -0.25) is 0 Å². The summed E-state index contributed by atoms with van der Waals surface area (Å²) in [6, 6.07) is 16.5. The van der Waals surface area contributed by atoms with Crippen molar-refractivity contribution in [3.05, 3.63) is 94.5 Å². The minimum Gasteiger partial charge on any atom is -0.508 e. The lowest BCUT2D eigenvalue weighted by Gasteiger charge is -2.21. The minimum atomic E-state index is -0.640. The van der Waals surface area contributed by atoms with E-state index < -0.39 is 23.5 Å². The Morgan fingerprint density at radius 2 is 1.25 bits per heavy atom. The molecule has 0 aliphatic carbocycles. The second kappa shape index (κ2) is 8.66. The molecule has 1 heterocycles. The first kappa shape index (κ1) is 22.8. The molecule has 0 aromatic heterocycles. The van der Waals surface area contributed by atoms with E-state index >= 15 is 0 Å². The number of fused-ring (bicyclic) bond motifs is 1. The van der Waals surface area contributed by atoms with Crippen LogP contribution in [0.3, 0.4) is 0 Å². The van der Waals surface area contributed by atoms with Crippen molar-refractivity contribution < 1.29 is 40.5 Å². The summed E-state index contributed by atoms with van der Waals surface area (Å²) >= 11 is 0. The zero-order valence-corrected chi connectivity index (χ0v) is 18.7. The maximum atomic E-state index is 10.7. The van der Waals surface area contributed by atoms with Crippen LogP contribution in [0.25, 0.3) is 12.2 Å². The van der Waals surface area contributed by atoms with Crippen LogP contribution in [0.5, 0.6) is 46.0 Å². The highest BCUT2D eigenvalue weighted by Crippen LogP contribution is 2.53. The van der Waals surface area contributed by atoms with Gasteiger partial charge in [0.15, 0.2) is 23.0 Å². The Bertz CT molecular complexity index is 1490. The fraction of sp³-hybridized carbons (Fsp3) is 0.0714. The summed E-state index contributed by atoms with van der Waals surface area (Å²) in [5.41, 5.74) is 2.51. The molecular formula is C28H22O8. The molecule has 1 aliphatic rings. The van der Waals surface area contributed by atoms with Gasteiger partial charge in [0, 0.05) is 28.8 Å². The van der Waals surface area contributed by atoms with Gasteiger partial charge in [0.25, 0.3) is 0 Å². The first-order valence-corrected chi connectivity index (χ1v) is 11.0. The second-order valence-electron chi connectivity index (χ2n) is 8.54. The van der Waals surface area contributed by atoms with E-state index in [-0.39, 0.29) is 39.9 Å². The van der Waals surface area contributed by atoms with Crippen molar-refractivity contribution in [3.63, 3.8) is 0 Å². The molecular weight excluding hydrogens is 464 g/mol. The van der Waals surface area contributed by atoms with Gasteiger partial charge in [0.2, 0.25) is 0 Å². The van der Waals surface area contributed by atoms with E-state index in [4.69, 9.17) is 4.74 Å². The Morgan fingerprint density at radius 3 is 1.97 bits per heavy atom. The van der Waals surface area contributed by atoms with Crippen molar-refractivity contribution in [2.24, 2.45) is 0 Å². The van der Waals surface area contributed by atoms with E-state index in [0.717, 1.165) is 12.1 Å². The lowest BCUT2D eigenvalue weighted by Crippen LogP contribution is -2.11. The summed E-state index contributed by atoms with van der Waals surface area (Å²) in [4.78, 5) is 0. The van der Waals surface area contributed by atoms with Gasteiger partial charge in [-0.15, -0.1) is 0 Å². The van der Waals surface area contributed by atoms with Gasteiger partial charge < -0.3 is 40.5 Å². The Morgan fingerprint density at radius 1 is 0.583 bits per heavy atom. The molecule has 1 aliphatic heterocycles. The molecule has 0 bridgehead atoms. The molecule has 8 nitrogen and oxygen atoms in total. The van der Waals surface area contributed by atoms with E-state index in [1.165, 1.54) is 30.3 Å². The van der Waals surface area contributed by atoms with Crippen molar-refractivity contribution in [3.8, 4) is 46.0 Å². The summed E-state index contributed by atoms with van der Waals surface area (Å²) in [6.45, 7) is 0. The lowest BCUT2D eigenvalue weighted by atomic mass is 9.84. The molecule has 36 heavy (non-hydrogen) atoms. The number of phenolic OH excluding ortho intramolecular Hbond substituents is 7.